The van der Waals surface area contributed by atoms with Crippen LogP contribution in [-0.4, -0.2) is 12.1 Å². The molecule has 120 valence electrons. The van der Waals surface area contributed by atoms with Crippen LogP contribution in [0.15, 0.2) is 70.2 Å². The average Bonchev–Trinajstić information content (AvgIpc) is 3.04. The molecule has 0 saturated carbocycles. The molecule has 0 fully saturated rings. The molecule has 3 rings (SSSR count). The highest BCUT2D eigenvalue weighted by Crippen LogP contribution is 2.24. The number of hydrogen-bond acceptors (Lipinski definition) is 3. The maximum absolute atomic E-state index is 13.7. The molecule has 0 bridgehead atoms. The summed E-state index contributed by atoms with van der Waals surface area (Å²) in [6, 6.07) is 16.0. The zero-order valence-electron chi connectivity index (χ0n) is 12.4. The van der Waals surface area contributed by atoms with Crippen molar-refractivity contribution in [3.8, 4) is 11.3 Å². The van der Waals surface area contributed by atoms with Crippen molar-refractivity contribution >= 4 is 23.7 Å². The average molecular weight is 343 g/mol. The van der Waals surface area contributed by atoms with Crippen molar-refractivity contribution in [2.45, 2.75) is 0 Å². The summed E-state index contributed by atoms with van der Waals surface area (Å²) in [5.74, 6) is 0.0402. The van der Waals surface area contributed by atoms with Crippen LogP contribution in [0.2, 0.25) is 5.02 Å². The quantitative estimate of drug-likeness (QED) is 0.560. The van der Waals surface area contributed by atoms with Crippen LogP contribution in [0.4, 0.5) is 4.39 Å². The SMILES string of the molecule is O=C(N/N=C/c1ccc(-c2ccccc2F)o1)c1ccc(Cl)cc1. The maximum atomic E-state index is 13.7. The molecule has 0 unspecified atom stereocenters. The first-order valence-electron chi connectivity index (χ1n) is 7.07. The summed E-state index contributed by atoms with van der Waals surface area (Å²) in [5, 5.41) is 4.37. The molecule has 24 heavy (non-hydrogen) atoms. The Morgan fingerprint density at radius 2 is 1.83 bits per heavy atom. The van der Waals surface area contributed by atoms with Crippen LogP contribution < -0.4 is 5.43 Å². The number of nitrogens with one attached hydrogen (secondary N) is 1. The third-order valence-corrected chi connectivity index (χ3v) is 3.48. The molecule has 0 saturated heterocycles. The van der Waals surface area contributed by atoms with E-state index in [1.54, 1.807) is 54.6 Å². The molecule has 0 radical (unpaired) electrons. The minimum atomic E-state index is -0.371. The second kappa shape index (κ2) is 7.10. The third kappa shape index (κ3) is 3.70. The zero-order valence-corrected chi connectivity index (χ0v) is 13.1. The fraction of sp³-hybridized carbons (Fsp3) is 0. The van der Waals surface area contributed by atoms with Gasteiger partial charge in [-0.1, -0.05) is 23.7 Å². The molecule has 2 aromatic carbocycles. The number of furan rings is 1. The Kier molecular flexibility index (Phi) is 4.72. The predicted molar refractivity (Wildman–Crippen MR) is 90.6 cm³/mol. The molecule has 6 heteroatoms. The molecule has 0 aliphatic heterocycles. The Hall–Kier alpha value is -2.92. The van der Waals surface area contributed by atoms with E-state index in [1.165, 1.54) is 12.3 Å². The molecule has 1 amide bonds. The second-order valence-corrected chi connectivity index (χ2v) is 5.32. The lowest BCUT2D eigenvalue weighted by Crippen LogP contribution is -2.17. The highest BCUT2D eigenvalue weighted by Gasteiger charge is 2.08. The van der Waals surface area contributed by atoms with Crippen LogP contribution >= 0.6 is 11.6 Å². The molecule has 1 heterocycles. The molecule has 1 aromatic heterocycles. The number of hydrazone groups is 1. The Morgan fingerprint density at radius 3 is 2.58 bits per heavy atom. The maximum Gasteiger partial charge on any atom is 0.271 e. The molecule has 1 N–H and O–H groups in total. The van der Waals surface area contributed by atoms with Crippen molar-refractivity contribution in [1.29, 1.82) is 0 Å². The molecule has 0 spiro atoms. The Balaban J connectivity index is 1.66. The number of nitrogens with zero attached hydrogens (tertiary/aromatic N) is 1. The van der Waals surface area contributed by atoms with Crippen molar-refractivity contribution in [3.63, 3.8) is 0 Å². The van der Waals surface area contributed by atoms with E-state index >= 15 is 0 Å². The number of amides is 1. The van der Waals surface area contributed by atoms with Crippen molar-refractivity contribution in [3.05, 3.63) is 82.8 Å². The lowest BCUT2D eigenvalue weighted by atomic mass is 10.1. The van der Waals surface area contributed by atoms with Gasteiger partial charge in [-0.2, -0.15) is 5.10 Å². The first-order chi connectivity index (χ1) is 11.6. The van der Waals surface area contributed by atoms with Gasteiger partial charge in [0.15, 0.2) is 0 Å². The normalized spacial score (nSPS) is 10.9. The molecular weight excluding hydrogens is 331 g/mol. The van der Waals surface area contributed by atoms with Crippen molar-refractivity contribution in [2.75, 3.05) is 0 Å². The van der Waals surface area contributed by atoms with Gasteiger partial charge >= 0.3 is 0 Å². The number of carbonyl (C=O) groups excluding carboxylic acids is 1. The molecular formula is C18H12ClFN2O2. The van der Waals surface area contributed by atoms with Gasteiger partial charge in [0, 0.05) is 10.6 Å². The molecule has 3 aromatic rings. The van der Waals surface area contributed by atoms with Crippen LogP contribution in [0, 0.1) is 5.82 Å². The zero-order chi connectivity index (χ0) is 16.9. The van der Waals surface area contributed by atoms with Gasteiger partial charge < -0.3 is 4.42 Å². The molecule has 4 nitrogen and oxygen atoms in total. The minimum absolute atomic E-state index is 0.363. The number of benzene rings is 2. The molecule has 0 atom stereocenters. The highest BCUT2D eigenvalue weighted by molar-refractivity contribution is 6.30. The third-order valence-electron chi connectivity index (χ3n) is 3.23. The van der Waals surface area contributed by atoms with Gasteiger partial charge in [0.1, 0.15) is 17.3 Å². The topological polar surface area (TPSA) is 54.6 Å². The van der Waals surface area contributed by atoms with E-state index < -0.39 is 0 Å². The van der Waals surface area contributed by atoms with Crippen molar-refractivity contribution in [1.82, 2.24) is 5.43 Å². The lowest BCUT2D eigenvalue weighted by molar-refractivity contribution is 0.0955. The van der Waals surface area contributed by atoms with Crippen LogP contribution in [0.25, 0.3) is 11.3 Å². The largest absolute Gasteiger partial charge is 0.455 e. The van der Waals surface area contributed by atoms with Crippen LogP contribution in [0.5, 0.6) is 0 Å². The number of halogens is 2. The summed E-state index contributed by atoms with van der Waals surface area (Å²) in [4.78, 5) is 11.9. The van der Waals surface area contributed by atoms with Crippen LogP contribution in [0.1, 0.15) is 16.1 Å². The Labute approximate surface area is 142 Å². The van der Waals surface area contributed by atoms with Gasteiger partial charge in [-0.3, -0.25) is 4.79 Å². The number of rotatable bonds is 4. The lowest BCUT2D eigenvalue weighted by Gasteiger charge is -1.99. The fourth-order valence-corrected chi connectivity index (χ4v) is 2.17. The summed E-state index contributed by atoms with van der Waals surface area (Å²) >= 11 is 5.76. The van der Waals surface area contributed by atoms with Crippen molar-refractivity contribution in [2.24, 2.45) is 5.10 Å². The van der Waals surface area contributed by atoms with Crippen LogP contribution in [0.3, 0.4) is 0 Å². The van der Waals surface area contributed by atoms with E-state index in [0.717, 1.165) is 0 Å². The summed E-state index contributed by atoms with van der Waals surface area (Å²) in [6.45, 7) is 0. The Bertz CT molecular complexity index is 888. The standard InChI is InChI=1S/C18H12ClFN2O2/c19-13-7-5-12(6-8-13)18(23)22-21-11-14-9-10-17(24-14)15-3-1-2-4-16(15)20/h1-11H,(H,22,23)/b21-11+. The Morgan fingerprint density at radius 1 is 1.08 bits per heavy atom. The minimum Gasteiger partial charge on any atom is -0.455 e. The summed E-state index contributed by atoms with van der Waals surface area (Å²) in [6.07, 6.45) is 1.35. The summed E-state index contributed by atoms with van der Waals surface area (Å²) in [5.41, 5.74) is 3.18. The van der Waals surface area contributed by atoms with E-state index in [0.29, 0.717) is 27.7 Å². The molecule has 0 aliphatic rings. The summed E-state index contributed by atoms with van der Waals surface area (Å²) < 4.78 is 19.2. The van der Waals surface area contributed by atoms with E-state index in [2.05, 4.69) is 10.5 Å². The van der Waals surface area contributed by atoms with E-state index in [-0.39, 0.29) is 11.7 Å². The van der Waals surface area contributed by atoms with Crippen LogP contribution in [-0.2, 0) is 0 Å². The first kappa shape index (κ1) is 16.0. The van der Waals surface area contributed by atoms with Gasteiger partial charge in [0.05, 0.1) is 11.8 Å². The van der Waals surface area contributed by atoms with E-state index in [1.807, 2.05) is 0 Å². The smallest absolute Gasteiger partial charge is 0.271 e. The number of hydrogen-bond donors (Lipinski definition) is 1. The first-order valence-corrected chi connectivity index (χ1v) is 7.45. The predicted octanol–water partition coefficient (Wildman–Crippen LogP) is 4.50. The highest BCUT2D eigenvalue weighted by atomic mass is 35.5. The van der Waals surface area contributed by atoms with Crippen molar-refractivity contribution < 1.29 is 13.6 Å². The number of carbonyl (C=O) groups is 1. The van der Waals surface area contributed by atoms with Gasteiger partial charge in [0.2, 0.25) is 0 Å². The fourth-order valence-electron chi connectivity index (χ4n) is 2.05. The van der Waals surface area contributed by atoms with Gasteiger partial charge in [-0.25, -0.2) is 9.82 Å². The molecule has 0 aliphatic carbocycles. The monoisotopic (exact) mass is 342 g/mol. The van der Waals surface area contributed by atoms with Gasteiger partial charge in [0.25, 0.3) is 5.91 Å². The van der Waals surface area contributed by atoms with Gasteiger partial charge in [-0.15, -0.1) is 0 Å². The van der Waals surface area contributed by atoms with Gasteiger partial charge in [-0.05, 0) is 48.5 Å². The summed E-state index contributed by atoms with van der Waals surface area (Å²) in [7, 11) is 0. The second-order valence-electron chi connectivity index (χ2n) is 4.89. The van der Waals surface area contributed by atoms with E-state index in [9.17, 15) is 9.18 Å². The van der Waals surface area contributed by atoms with E-state index in [4.69, 9.17) is 16.0 Å².